The third-order valence-corrected chi connectivity index (χ3v) is 2.59. The van der Waals surface area contributed by atoms with Crippen LogP contribution in [0, 0.1) is 5.92 Å². The van der Waals surface area contributed by atoms with E-state index in [1.807, 2.05) is 6.07 Å². The smallest absolute Gasteiger partial charge is 0.0853 e. The van der Waals surface area contributed by atoms with Gasteiger partial charge >= 0.3 is 0 Å². The van der Waals surface area contributed by atoms with Crippen LogP contribution in [0.5, 0.6) is 0 Å². The fourth-order valence-corrected chi connectivity index (χ4v) is 1.74. The van der Waals surface area contributed by atoms with Crippen molar-refractivity contribution in [2.75, 3.05) is 13.2 Å². The lowest BCUT2D eigenvalue weighted by atomic mass is 10.1. The second-order valence-electron chi connectivity index (χ2n) is 3.83. The van der Waals surface area contributed by atoms with Crippen LogP contribution >= 0.6 is 0 Å². The largest absolute Gasteiger partial charge is 0.372 e. The Hall–Kier alpha value is -0.860. The topological polar surface area (TPSA) is 35.2 Å². The van der Waals surface area contributed by atoms with Crippen molar-refractivity contribution in [2.24, 2.45) is 11.7 Å². The summed E-state index contributed by atoms with van der Waals surface area (Å²) in [6, 6.07) is 10.4. The first-order chi connectivity index (χ1) is 6.92. The molecule has 0 bridgehead atoms. The van der Waals surface area contributed by atoms with Crippen molar-refractivity contribution in [3.8, 4) is 0 Å². The van der Waals surface area contributed by atoms with E-state index in [2.05, 4.69) is 24.3 Å². The molecule has 0 aromatic heterocycles. The standard InChI is InChI=1S/C12H17NO/c13-8-9-14-12(11-6-7-11)10-4-2-1-3-5-10/h1-5,11-12H,6-9,13H2/t12-/m1/s1. The highest BCUT2D eigenvalue weighted by Crippen LogP contribution is 2.43. The molecule has 2 heteroatoms. The zero-order valence-electron chi connectivity index (χ0n) is 8.36. The van der Waals surface area contributed by atoms with Gasteiger partial charge in [0.2, 0.25) is 0 Å². The number of nitrogens with two attached hydrogens (primary N) is 1. The summed E-state index contributed by atoms with van der Waals surface area (Å²) >= 11 is 0. The summed E-state index contributed by atoms with van der Waals surface area (Å²) in [5, 5.41) is 0. The highest BCUT2D eigenvalue weighted by molar-refractivity contribution is 5.19. The maximum absolute atomic E-state index is 5.78. The van der Waals surface area contributed by atoms with Crippen molar-refractivity contribution in [3.63, 3.8) is 0 Å². The molecule has 1 fully saturated rings. The maximum Gasteiger partial charge on any atom is 0.0853 e. The van der Waals surface area contributed by atoms with Crippen LogP contribution in [0.3, 0.4) is 0 Å². The van der Waals surface area contributed by atoms with Crippen LogP contribution in [0.4, 0.5) is 0 Å². The van der Waals surface area contributed by atoms with Gasteiger partial charge in [-0.05, 0) is 24.3 Å². The Balaban J connectivity index is 2.02. The SMILES string of the molecule is NCCO[C@H](c1ccccc1)C1CC1. The highest BCUT2D eigenvalue weighted by Gasteiger charge is 2.32. The van der Waals surface area contributed by atoms with Crippen LogP contribution in [0.2, 0.25) is 0 Å². The monoisotopic (exact) mass is 191 g/mol. The number of hydrogen-bond acceptors (Lipinski definition) is 2. The lowest BCUT2D eigenvalue weighted by molar-refractivity contribution is 0.0424. The van der Waals surface area contributed by atoms with E-state index in [1.165, 1.54) is 18.4 Å². The summed E-state index contributed by atoms with van der Waals surface area (Å²) in [5.74, 6) is 0.726. The van der Waals surface area contributed by atoms with Crippen molar-refractivity contribution < 1.29 is 4.74 Å². The number of rotatable bonds is 5. The van der Waals surface area contributed by atoms with Gasteiger partial charge in [-0.15, -0.1) is 0 Å². The molecule has 1 aliphatic rings. The average molecular weight is 191 g/mol. The predicted octanol–water partition coefficient (Wildman–Crippen LogP) is 2.11. The van der Waals surface area contributed by atoms with E-state index in [0.717, 1.165) is 5.92 Å². The van der Waals surface area contributed by atoms with Gasteiger partial charge in [0.1, 0.15) is 0 Å². The van der Waals surface area contributed by atoms with Crippen molar-refractivity contribution in [3.05, 3.63) is 35.9 Å². The molecule has 76 valence electrons. The summed E-state index contributed by atoms with van der Waals surface area (Å²) < 4.78 is 5.78. The van der Waals surface area contributed by atoms with Crippen LogP contribution < -0.4 is 5.73 Å². The summed E-state index contributed by atoms with van der Waals surface area (Å²) in [5.41, 5.74) is 6.75. The second-order valence-corrected chi connectivity index (χ2v) is 3.83. The summed E-state index contributed by atoms with van der Waals surface area (Å²) in [7, 11) is 0. The molecule has 1 aliphatic carbocycles. The Bertz CT molecular complexity index is 269. The third-order valence-electron chi connectivity index (χ3n) is 2.59. The molecular weight excluding hydrogens is 174 g/mol. The van der Waals surface area contributed by atoms with Crippen molar-refractivity contribution in [2.45, 2.75) is 18.9 Å². The summed E-state index contributed by atoms with van der Waals surface area (Å²) in [6.45, 7) is 1.27. The van der Waals surface area contributed by atoms with Gasteiger partial charge in [-0.2, -0.15) is 0 Å². The molecule has 2 N–H and O–H groups in total. The van der Waals surface area contributed by atoms with Crippen LogP contribution in [0.1, 0.15) is 24.5 Å². The molecule has 0 spiro atoms. The van der Waals surface area contributed by atoms with Crippen molar-refractivity contribution in [1.29, 1.82) is 0 Å². The molecule has 0 unspecified atom stereocenters. The molecule has 1 aromatic rings. The molecule has 2 nitrogen and oxygen atoms in total. The minimum absolute atomic E-state index is 0.278. The van der Waals surface area contributed by atoms with E-state index < -0.39 is 0 Å². The van der Waals surface area contributed by atoms with Crippen LogP contribution in [0.15, 0.2) is 30.3 Å². The van der Waals surface area contributed by atoms with Gasteiger partial charge in [0.15, 0.2) is 0 Å². The quantitative estimate of drug-likeness (QED) is 0.773. The molecular formula is C12H17NO. The van der Waals surface area contributed by atoms with Gasteiger partial charge in [-0.25, -0.2) is 0 Å². The number of benzene rings is 1. The van der Waals surface area contributed by atoms with Crippen LogP contribution in [-0.4, -0.2) is 13.2 Å². The van der Waals surface area contributed by atoms with Gasteiger partial charge in [0, 0.05) is 6.54 Å². The fourth-order valence-electron chi connectivity index (χ4n) is 1.74. The molecule has 1 aromatic carbocycles. The van der Waals surface area contributed by atoms with E-state index in [4.69, 9.17) is 10.5 Å². The van der Waals surface area contributed by atoms with E-state index in [9.17, 15) is 0 Å². The van der Waals surface area contributed by atoms with Gasteiger partial charge in [0.05, 0.1) is 12.7 Å². The fraction of sp³-hybridized carbons (Fsp3) is 0.500. The molecule has 14 heavy (non-hydrogen) atoms. The lowest BCUT2D eigenvalue weighted by Crippen LogP contribution is -2.14. The van der Waals surface area contributed by atoms with E-state index in [-0.39, 0.29) is 6.10 Å². The second kappa shape index (κ2) is 4.58. The van der Waals surface area contributed by atoms with Crippen molar-refractivity contribution in [1.82, 2.24) is 0 Å². The molecule has 0 radical (unpaired) electrons. The third kappa shape index (κ3) is 2.34. The van der Waals surface area contributed by atoms with Gasteiger partial charge in [-0.1, -0.05) is 30.3 Å². The Kier molecular flexibility index (Phi) is 3.17. The first kappa shape index (κ1) is 9.69. The van der Waals surface area contributed by atoms with E-state index in [1.54, 1.807) is 0 Å². The Morgan fingerprint density at radius 3 is 2.57 bits per heavy atom. The average Bonchev–Trinajstić information content (AvgIpc) is 3.04. The molecule has 0 saturated heterocycles. The minimum atomic E-state index is 0.278. The summed E-state index contributed by atoms with van der Waals surface area (Å²) in [4.78, 5) is 0. The maximum atomic E-state index is 5.78. The molecule has 0 amide bonds. The Morgan fingerprint density at radius 2 is 2.00 bits per heavy atom. The molecule has 1 saturated carbocycles. The first-order valence-electron chi connectivity index (χ1n) is 5.28. The predicted molar refractivity (Wildman–Crippen MR) is 56.9 cm³/mol. The summed E-state index contributed by atoms with van der Waals surface area (Å²) in [6.07, 6.45) is 2.87. The zero-order valence-corrected chi connectivity index (χ0v) is 8.36. The minimum Gasteiger partial charge on any atom is -0.372 e. The van der Waals surface area contributed by atoms with E-state index in [0.29, 0.717) is 13.2 Å². The zero-order chi connectivity index (χ0) is 9.80. The Morgan fingerprint density at radius 1 is 1.29 bits per heavy atom. The molecule has 2 rings (SSSR count). The van der Waals surface area contributed by atoms with Crippen molar-refractivity contribution >= 4 is 0 Å². The molecule has 1 atom stereocenters. The Labute approximate surface area is 85.1 Å². The van der Waals surface area contributed by atoms with Crippen LogP contribution in [0.25, 0.3) is 0 Å². The highest BCUT2D eigenvalue weighted by atomic mass is 16.5. The lowest BCUT2D eigenvalue weighted by Gasteiger charge is -2.17. The molecule has 0 aliphatic heterocycles. The molecule has 0 heterocycles. The first-order valence-corrected chi connectivity index (χ1v) is 5.28. The van der Waals surface area contributed by atoms with Crippen LogP contribution in [-0.2, 0) is 4.74 Å². The number of hydrogen-bond donors (Lipinski definition) is 1. The number of ether oxygens (including phenoxy) is 1. The normalized spacial score (nSPS) is 18.1. The van der Waals surface area contributed by atoms with E-state index >= 15 is 0 Å². The van der Waals surface area contributed by atoms with Gasteiger partial charge < -0.3 is 10.5 Å². The van der Waals surface area contributed by atoms with Gasteiger partial charge in [-0.3, -0.25) is 0 Å². The van der Waals surface area contributed by atoms with Gasteiger partial charge in [0.25, 0.3) is 0 Å².